The van der Waals surface area contributed by atoms with Gasteiger partial charge >= 0.3 is 0 Å². The Kier molecular flexibility index (Phi) is 7.69. The average molecular weight is 702 g/mol. The van der Waals surface area contributed by atoms with Crippen LogP contribution < -0.4 is 0 Å². The molecule has 0 amide bonds. The maximum absolute atomic E-state index is 10.4. The van der Waals surface area contributed by atoms with Gasteiger partial charge in [0.2, 0.25) is 0 Å². The van der Waals surface area contributed by atoms with E-state index >= 15 is 0 Å². The molecule has 2 nitrogen and oxygen atoms in total. The molecule has 3 aromatic rings. The van der Waals surface area contributed by atoms with Crippen LogP contribution in [0.5, 0.6) is 11.5 Å². The average Bonchev–Trinajstić information content (AvgIpc) is 2.80. The Morgan fingerprint density at radius 3 is 1.64 bits per heavy atom. The van der Waals surface area contributed by atoms with Crippen LogP contribution in [-0.2, 0) is 5.41 Å². The molecule has 3 aromatic carbocycles. The van der Waals surface area contributed by atoms with Crippen LogP contribution in [-0.4, -0.2) is 10.2 Å². The van der Waals surface area contributed by atoms with Gasteiger partial charge in [-0.1, -0.05) is 51.0 Å². The van der Waals surface area contributed by atoms with E-state index in [0.29, 0.717) is 23.8 Å². The maximum atomic E-state index is 10.4. The maximum Gasteiger partial charge on any atom is 0.143 e. The van der Waals surface area contributed by atoms with Crippen molar-refractivity contribution >= 4 is 63.7 Å². The van der Waals surface area contributed by atoms with Crippen molar-refractivity contribution in [2.45, 2.75) is 56.8 Å². The third kappa shape index (κ3) is 4.70. The fraction of sp³-hybridized carbons (Fsp3) is 0.333. The van der Waals surface area contributed by atoms with E-state index in [1.807, 2.05) is 0 Å². The van der Waals surface area contributed by atoms with Crippen LogP contribution in [0.2, 0.25) is 0 Å². The molecule has 1 aliphatic carbocycles. The van der Waals surface area contributed by atoms with Gasteiger partial charge in [0.15, 0.2) is 0 Å². The van der Waals surface area contributed by atoms with Crippen molar-refractivity contribution in [3.05, 3.63) is 88.7 Å². The van der Waals surface area contributed by atoms with Crippen molar-refractivity contribution in [3.63, 3.8) is 0 Å². The monoisotopic (exact) mass is 698 g/mol. The molecule has 0 radical (unpaired) electrons. The van der Waals surface area contributed by atoms with E-state index in [4.69, 9.17) is 0 Å². The summed E-state index contributed by atoms with van der Waals surface area (Å²) in [7, 11) is 0. The van der Waals surface area contributed by atoms with Crippen LogP contribution >= 0.6 is 63.7 Å². The van der Waals surface area contributed by atoms with Gasteiger partial charge in [-0.05, 0) is 135 Å². The van der Waals surface area contributed by atoms with Crippen molar-refractivity contribution in [1.82, 2.24) is 0 Å². The molecule has 6 heteroatoms. The second-order valence-corrected chi connectivity index (χ2v) is 12.6. The van der Waals surface area contributed by atoms with Crippen LogP contribution in [0, 0.1) is 0 Å². The summed E-state index contributed by atoms with van der Waals surface area (Å²) >= 11 is 14.3. The Bertz CT molecular complexity index is 1070. The van der Waals surface area contributed by atoms with Crippen molar-refractivity contribution in [2.75, 3.05) is 0 Å². The lowest BCUT2D eigenvalue weighted by Gasteiger charge is -2.46. The van der Waals surface area contributed by atoms with E-state index in [1.54, 1.807) is 0 Å². The van der Waals surface area contributed by atoms with Gasteiger partial charge in [0.25, 0.3) is 0 Å². The molecule has 1 atom stereocenters. The fourth-order valence-electron chi connectivity index (χ4n) is 5.24. The lowest BCUT2D eigenvalue weighted by Crippen LogP contribution is -2.38. The summed E-state index contributed by atoms with van der Waals surface area (Å²) in [6.07, 6.45) is 4.30. The van der Waals surface area contributed by atoms with Crippen LogP contribution in [0.1, 0.15) is 73.6 Å². The molecule has 0 spiro atoms. The van der Waals surface area contributed by atoms with Crippen molar-refractivity contribution in [2.24, 2.45) is 0 Å². The molecule has 1 fully saturated rings. The summed E-state index contributed by atoms with van der Waals surface area (Å²) in [5.74, 6) is 1.15. The van der Waals surface area contributed by atoms with Gasteiger partial charge in [0.1, 0.15) is 11.5 Å². The Morgan fingerprint density at radius 2 is 1.21 bits per heavy atom. The molecule has 2 N–H and O–H groups in total. The number of benzene rings is 3. The first kappa shape index (κ1) is 25.3. The Labute approximate surface area is 229 Å². The smallest absolute Gasteiger partial charge is 0.143 e. The number of hydrogen-bond acceptors (Lipinski definition) is 2. The lowest BCUT2D eigenvalue weighted by molar-refractivity contribution is 0.293. The largest absolute Gasteiger partial charge is 0.506 e. The van der Waals surface area contributed by atoms with E-state index < -0.39 is 0 Å². The Hall–Kier alpha value is -0.820. The molecule has 0 bridgehead atoms. The van der Waals surface area contributed by atoms with Crippen LogP contribution in [0.3, 0.4) is 0 Å². The minimum atomic E-state index is -0.324. The number of phenols is 2. The standard InChI is InChI=1S/C27H26Br4O2/c1-15(2)16-6-8-17(9-7-16)20-5-3-4-10-27(20,18-11-21(28)25(32)22(29)12-18)19-13-23(30)26(33)24(31)14-19/h6-9,11-15,20,32-33H,3-5,10H2,1-2H3. The molecular formula is C27H26Br4O2. The van der Waals surface area contributed by atoms with Crippen molar-refractivity contribution in [1.29, 1.82) is 0 Å². The SMILES string of the molecule is CC(C)c1ccc(C2CCCCC2(c2cc(Br)c(O)c(Br)c2)c2cc(Br)c(O)c(Br)c2)cc1. The summed E-state index contributed by atoms with van der Waals surface area (Å²) in [5, 5.41) is 20.9. The van der Waals surface area contributed by atoms with Crippen molar-refractivity contribution < 1.29 is 10.2 Å². The summed E-state index contributed by atoms with van der Waals surface area (Å²) in [6.45, 7) is 4.44. The Morgan fingerprint density at radius 1 is 0.758 bits per heavy atom. The summed E-state index contributed by atoms with van der Waals surface area (Å²) < 4.78 is 2.68. The summed E-state index contributed by atoms with van der Waals surface area (Å²) in [6, 6.07) is 17.3. The van der Waals surface area contributed by atoms with E-state index in [-0.39, 0.29) is 22.8 Å². The minimum Gasteiger partial charge on any atom is -0.506 e. The second-order valence-electron chi connectivity index (χ2n) is 9.17. The van der Waals surface area contributed by atoms with Gasteiger partial charge < -0.3 is 10.2 Å². The summed E-state index contributed by atoms with van der Waals surface area (Å²) in [5.41, 5.74) is 4.61. The van der Waals surface area contributed by atoms with E-state index in [2.05, 4.69) is 126 Å². The zero-order valence-electron chi connectivity index (χ0n) is 18.5. The van der Waals surface area contributed by atoms with Gasteiger partial charge in [-0.3, -0.25) is 0 Å². The Balaban J connectivity index is 2.00. The number of phenolic OH excluding ortho intramolecular Hbond substituents is 2. The molecule has 1 unspecified atom stereocenters. The molecule has 0 aliphatic heterocycles. The van der Waals surface area contributed by atoms with E-state index in [0.717, 1.165) is 30.4 Å². The third-order valence-corrected chi connectivity index (χ3v) is 9.40. The quantitative estimate of drug-likeness (QED) is 0.284. The topological polar surface area (TPSA) is 40.5 Å². The van der Waals surface area contributed by atoms with Gasteiger partial charge in [0, 0.05) is 5.41 Å². The third-order valence-electron chi connectivity index (χ3n) is 6.98. The molecule has 174 valence electrons. The van der Waals surface area contributed by atoms with Gasteiger partial charge in [-0.2, -0.15) is 0 Å². The first-order valence-electron chi connectivity index (χ1n) is 11.1. The predicted molar refractivity (Wildman–Crippen MR) is 150 cm³/mol. The van der Waals surface area contributed by atoms with E-state index in [9.17, 15) is 10.2 Å². The second kappa shape index (κ2) is 10.0. The molecular weight excluding hydrogens is 676 g/mol. The number of rotatable bonds is 4. The highest BCUT2D eigenvalue weighted by molar-refractivity contribution is 9.11. The zero-order chi connectivity index (χ0) is 23.9. The number of hydrogen-bond donors (Lipinski definition) is 2. The highest BCUT2D eigenvalue weighted by Gasteiger charge is 2.45. The number of aromatic hydroxyl groups is 2. The highest BCUT2D eigenvalue weighted by Crippen LogP contribution is 2.56. The van der Waals surface area contributed by atoms with Crippen molar-refractivity contribution in [3.8, 4) is 11.5 Å². The molecule has 33 heavy (non-hydrogen) atoms. The summed E-state index contributed by atoms with van der Waals surface area (Å²) in [4.78, 5) is 0. The molecule has 1 saturated carbocycles. The van der Waals surface area contributed by atoms with Gasteiger partial charge in [-0.25, -0.2) is 0 Å². The first-order chi connectivity index (χ1) is 15.6. The highest BCUT2D eigenvalue weighted by atomic mass is 79.9. The molecule has 0 heterocycles. The molecule has 1 aliphatic rings. The number of halogens is 4. The zero-order valence-corrected chi connectivity index (χ0v) is 24.9. The molecule has 0 aromatic heterocycles. The van der Waals surface area contributed by atoms with Crippen LogP contribution in [0.15, 0.2) is 66.4 Å². The fourth-order valence-corrected chi connectivity index (χ4v) is 7.61. The van der Waals surface area contributed by atoms with Gasteiger partial charge in [-0.15, -0.1) is 0 Å². The van der Waals surface area contributed by atoms with Crippen LogP contribution in [0.25, 0.3) is 0 Å². The van der Waals surface area contributed by atoms with Crippen LogP contribution in [0.4, 0.5) is 0 Å². The first-order valence-corrected chi connectivity index (χ1v) is 14.3. The minimum absolute atomic E-state index is 0.204. The van der Waals surface area contributed by atoms with E-state index in [1.165, 1.54) is 17.5 Å². The normalized spacial score (nSPS) is 18.0. The van der Waals surface area contributed by atoms with Gasteiger partial charge in [0.05, 0.1) is 17.9 Å². The molecule has 4 rings (SSSR count). The predicted octanol–water partition coefficient (Wildman–Crippen LogP) is 9.92. The lowest BCUT2D eigenvalue weighted by atomic mass is 9.57. The molecule has 0 saturated heterocycles.